The van der Waals surface area contributed by atoms with Crippen molar-refractivity contribution in [2.45, 2.75) is 4.21 Å². The lowest BCUT2D eigenvalue weighted by atomic mass is 10.2. The highest BCUT2D eigenvalue weighted by molar-refractivity contribution is 8.04. The SMILES string of the molecule is C(=Cc1ccccc1)Sc1cccs1. The molecule has 2 heteroatoms. The minimum Gasteiger partial charge on any atom is -0.137 e. The molecule has 0 saturated heterocycles. The molecule has 2 aromatic rings. The smallest absolute Gasteiger partial charge is 0.0640 e. The van der Waals surface area contributed by atoms with Gasteiger partial charge in [-0.3, -0.25) is 0 Å². The van der Waals surface area contributed by atoms with Crippen molar-refractivity contribution < 1.29 is 0 Å². The first-order valence-corrected chi connectivity index (χ1v) is 6.13. The summed E-state index contributed by atoms with van der Waals surface area (Å²) in [4.78, 5) is 0. The number of hydrogen-bond acceptors (Lipinski definition) is 2. The van der Waals surface area contributed by atoms with Gasteiger partial charge in [-0.05, 0) is 28.5 Å². The van der Waals surface area contributed by atoms with E-state index in [1.807, 2.05) is 6.07 Å². The molecule has 1 aromatic heterocycles. The van der Waals surface area contributed by atoms with Crippen LogP contribution in [0.1, 0.15) is 5.56 Å². The van der Waals surface area contributed by atoms with Crippen molar-refractivity contribution >= 4 is 29.2 Å². The van der Waals surface area contributed by atoms with Crippen molar-refractivity contribution in [2.75, 3.05) is 0 Å². The number of benzene rings is 1. The zero-order valence-corrected chi connectivity index (χ0v) is 9.22. The van der Waals surface area contributed by atoms with Crippen molar-refractivity contribution in [2.24, 2.45) is 0 Å². The molecule has 0 unspecified atom stereocenters. The predicted molar refractivity (Wildman–Crippen MR) is 65.7 cm³/mol. The first kappa shape index (κ1) is 9.56. The first-order valence-electron chi connectivity index (χ1n) is 4.37. The molecule has 0 N–H and O–H groups in total. The van der Waals surface area contributed by atoms with E-state index in [2.05, 4.69) is 53.3 Å². The predicted octanol–water partition coefficient (Wildman–Crippen LogP) is 4.51. The van der Waals surface area contributed by atoms with Crippen LogP contribution < -0.4 is 0 Å². The molecule has 0 atom stereocenters. The molecule has 0 aliphatic carbocycles. The van der Waals surface area contributed by atoms with Crippen LogP contribution in [0.15, 0.2) is 57.5 Å². The third-order valence-electron chi connectivity index (χ3n) is 1.74. The largest absolute Gasteiger partial charge is 0.137 e. The number of thiophene rings is 1. The van der Waals surface area contributed by atoms with E-state index in [1.165, 1.54) is 9.77 Å². The average Bonchev–Trinajstić information content (AvgIpc) is 2.72. The van der Waals surface area contributed by atoms with Gasteiger partial charge in [0.1, 0.15) is 0 Å². The molecule has 0 aliphatic heterocycles. The Kier molecular flexibility index (Phi) is 3.44. The Morgan fingerprint density at radius 2 is 1.86 bits per heavy atom. The van der Waals surface area contributed by atoms with E-state index in [0.29, 0.717) is 0 Å². The zero-order chi connectivity index (χ0) is 9.64. The van der Waals surface area contributed by atoms with Gasteiger partial charge in [-0.25, -0.2) is 0 Å². The molecule has 0 radical (unpaired) electrons. The summed E-state index contributed by atoms with van der Waals surface area (Å²) in [7, 11) is 0. The van der Waals surface area contributed by atoms with Crippen molar-refractivity contribution in [1.82, 2.24) is 0 Å². The van der Waals surface area contributed by atoms with Crippen LogP contribution in [0, 0.1) is 0 Å². The fourth-order valence-electron chi connectivity index (χ4n) is 1.07. The second-order valence-electron chi connectivity index (χ2n) is 2.76. The van der Waals surface area contributed by atoms with Crippen LogP contribution >= 0.6 is 23.1 Å². The highest BCUT2D eigenvalue weighted by Gasteiger charge is 1.89. The molecule has 0 nitrogen and oxygen atoms in total. The highest BCUT2D eigenvalue weighted by Crippen LogP contribution is 2.24. The van der Waals surface area contributed by atoms with Gasteiger partial charge in [0, 0.05) is 0 Å². The molecular formula is C12H10S2. The molecule has 70 valence electrons. The molecule has 0 spiro atoms. The van der Waals surface area contributed by atoms with Crippen molar-refractivity contribution in [3.63, 3.8) is 0 Å². The Hall–Kier alpha value is -0.990. The first-order chi connectivity index (χ1) is 6.95. The number of rotatable bonds is 3. The molecule has 1 heterocycles. The van der Waals surface area contributed by atoms with Gasteiger partial charge in [0.15, 0.2) is 0 Å². The monoisotopic (exact) mass is 218 g/mol. The van der Waals surface area contributed by atoms with E-state index in [9.17, 15) is 0 Å². The normalized spacial score (nSPS) is 10.9. The maximum Gasteiger partial charge on any atom is 0.0640 e. The molecule has 0 amide bonds. The molecule has 0 saturated carbocycles. The van der Waals surface area contributed by atoms with Gasteiger partial charge in [-0.1, -0.05) is 48.2 Å². The van der Waals surface area contributed by atoms with Gasteiger partial charge in [-0.2, -0.15) is 0 Å². The van der Waals surface area contributed by atoms with Crippen molar-refractivity contribution in [3.8, 4) is 0 Å². The Balaban J connectivity index is 1.96. The van der Waals surface area contributed by atoms with E-state index in [1.54, 1.807) is 23.1 Å². The third-order valence-corrected chi connectivity index (χ3v) is 3.62. The summed E-state index contributed by atoms with van der Waals surface area (Å²) < 4.78 is 1.33. The summed E-state index contributed by atoms with van der Waals surface area (Å²) in [5, 5.41) is 4.22. The topological polar surface area (TPSA) is 0 Å². The Bertz CT molecular complexity index is 388. The molecule has 2 rings (SSSR count). The molecule has 14 heavy (non-hydrogen) atoms. The maximum atomic E-state index is 2.13. The Morgan fingerprint density at radius 1 is 1.00 bits per heavy atom. The van der Waals surface area contributed by atoms with Gasteiger partial charge in [0.05, 0.1) is 4.21 Å². The van der Waals surface area contributed by atoms with Crippen LogP contribution in [0.5, 0.6) is 0 Å². The highest BCUT2D eigenvalue weighted by atomic mass is 32.2. The van der Waals surface area contributed by atoms with Crippen LogP contribution in [0.3, 0.4) is 0 Å². The van der Waals surface area contributed by atoms with Crippen LogP contribution in [0.2, 0.25) is 0 Å². The fraction of sp³-hybridized carbons (Fsp3) is 0. The lowest BCUT2D eigenvalue weighted by molar-refractivity contribution is 1.66. The number of hydrogen-bond donors (Lipinski definition) is 0. The Labute approximate surface area is 92.3 Å². The van der Waals surface area contributed by atoms with E-state index < -0.39 is 0 Å². The molecular weight excluding hydrogens is 208 g/mol. The van der Waals surface area contributed by atoms with E-state index in [0.717, 1.165) is 0 Å². The Morgan fingerprint density at radius 3 is 2.57 bits per heavy atom. The van der Waals surface area contributed by atoms with Crippen molar-refractivity contribution in [3.05, 3.63) is 58.8 Å². The molecule has 0 bridgehead atoms. The number of thioether (sulfide) groups is 1. The fourth-order valence-corrected chi connectivity index (χ4v) is 2.59. The van der Waals surface area contributed by atoms with Crippen LogP contribution in [0.25, 0.3) is 6.08 Å². The summed E-state index contributed by atoms with van der Waals surface area (Å²) in [5.41, 5.74) is 1.25. The van der Waals surface area contributed by atoms with Gasteiger partial charge in [0.25, 0.3) is 0 Å². The summed E-state index contributed by atoms with van der Waals surface area (Å²) in [6, 6.07) is 14.5. The van der Waals surface area contributed by atoms with Gasteiger partial charge < -0.3 is 0 Å². The van der Waals surface area contributed by atoms with Gasteiger partial charge in [-0.15, -0.1) is 11.3 Å². The van der Waals surface area contributed by atoms with Crippen LogP contribution in [-0.2, 0) is 0 Å². The van der Waals surface area contributed by atoms with Crippen LogP contribution in [-0.4, -0.2) is 0 Å². The van der Waals surface area contributed by atoms with E-state index in [4.69, 9.17) is 0 Å². The third kappa shape index (κ3) is 2.76. The summed E-state index contributed by atoms with van der Waals surface area (Å²) in [6.07, 6.45) is 2.13. The van der Waals surface area contributed by atoms with E-state index >= 15 is 0 Å². The second-order valence-corrected chi connectivity index (χ2v) is 4.92. The van der Waals surface area contributed by atoms with Crippen molar-refractivity contribution in [1.29, 1.82) is 0 Å². The summed E-state index contributed by atoms with van der Waals surface area (Å²) >= 11 is 3.53. The van der Waals surface area contributed by atoms with Gasteiger partial charge >= 0.3 is 0 Å². The second kappa shape index (κ2) is 5.03. The lowest BCUT2D eigenvalue weighted by Gasteiger charge is -1.90. The molecule has 1 aromatic carbocycles. The van der Waals surface area contributed by atoms with E-state index in [-0.39, 0.29) is 0 Å². The molecule has 0 fully saturated rings. The zero-order valence-electron chi connectivity index (χ0n) is 7.59. The lowest BCUT2D eigenvalue weighted by Crippen LogP contribution is -1.66. The van der Waals surface area contributed by atoms with Crippen LogP contribution in [0.4, 0.5) is 0 Å². The average molecular weight is 218 g/mol. The standard InChI is InChI=1S/C12H10S2/c1-2-5-11(6-3-1)8-10-14-12-7-4-9-13-12/h1-10H. The minimum atomic E-state index is 1.25. The minimum absolute atomic E-state index is 1.25. The quantitative estimate of drug-likeness (QED) is 0.683. The molecule has 0 aliphatic rings. The summed E-state index contributed by atoms with van der Waals surface area (Å²) in [5.74, 6) is 0. The maximum absolute atomic E-state index is 2.13. The summed E-state index contributed by atoms with van der Waals surface area (Å²) in [6.45, 7) is 0. The van der Waals surface area contributed by atoms with Gasteiger partial charge in [0.2, 0.25) is 0 Å².